The van der Waals surface area contributed by atoms with Crippen LogP contribution in [0.15, 0.2) is 24.9 Å². The minimum atomic E-state index is -0.664. The van der Waals surface area contributed by atoms with Crippen molar-refractivity contribution in [3.05, 3.63) is 24.9 Å². The molecule has 2 amide bonds. The summed E-state index contributed by atoms with van der Waals surface area (Å²) in [7, 11) is 1.23. The lowest BCUT2D eigenvalue weighted by Gasteiger charge is -2.03. The van der Waals surface area contributed by atoms with Crippen molar-refractivity contribution >= 4 is 23.5 Å². The summed E-state index contributed by atoms with van der Waals surface area (Å²) in [6.45, 7) is -0.0647. The van der Waals surface area contributed by atoms with Gasteiger partial charge < -0.3 is 10.1 Å². The first kappa shape index (κ1) is 13.4. The van der Waals surface area contributed by atoms with E-state index in [0.717, 1.165) is 0 Å². The van der Waals surface area contributed by atoms with Crippen molar-refractivity contribution in [3.63, 3.8) is 0 Å². The number of ether oxygens (including phenoxy) is 1. The average Bonchev–Trinajstić information content (AvgIpc) is 2.86. The number of methoxy groups -OCH3 is 1. The standard InChI is InChI=1S/C10H11N7O3/c1-20-10(19)14-8-4-17(16-15-8)5-9(18)13-7-2-11-6-12-3-7/h2-4,6H,5H2,1H3,(H,13,18)(H,14,19). The fourth-order valence-corrected chi connectivity index (χ4v) is 1.30. The van der Waals surface area contributed by atoms with E-state index in [4.69, 9.17) is 0 Å². The normalized spacial score (nSPS) is 9.85. The molecular weight excluding hydrogens is 266 g/mol. The molecule has 0 bridgehead atoms. The molecule has 10 nitrogen and oxygen atoms in total. The molecule has 0 unspecified atom stereocenters. The summed E-state index contributed by atoms with van der Waals surface area (Å²) < 4.78 is 5.67. The molecule has 0 aromatic carbocycles. The molecule has 0 aliphatic carbocycles. The molecule has 0 saturated carbocycles. The van der Waals surface area contributed by atoms with E-state index in [1.54, 1.807) is 0 Å². The van der Waals surface area contributed by atoms with Crippen LogP contribution in [0, 0.1) is 0 Å². The minimum Gasteiger partial charge on any atom is -0.453 e. The Morgan fingerprint density at radius 2 is 2.05 bits per heavy atom. The molecule has 2 aromatic rings. The van der Waals surface area contributed by atoms with Crippen LogP contribution in [-0.2, 0) is 16.1 Å². The molecule has 0 spiro atoms. The highest BCUT2D eigenvalue weighted by atomic mass is 16.5. The van der Waals surface area contributed by atoms with Crippen LogP contribution in [0.3, 0.4) is 0 Å². The van der Waals surface area contributed by atoms with Gasteiger partial charge >= 0.3 is 6.09 Å². The molecule has 2 aromatic heterocycles. The molecule has 2 rings (SSSR count). The first-order valence-corrected chi connectivity index (χ1v) is 5.47. The summed E-state index contributed by atoms with van der Waals surface area (Å²) in [5.74, 6) is -0.137. The second kappa shape index (κ2) is 6.22. The number of hydrogen-bond acceptors (Lipinski definition) is 7. The van der Waals surface area contributed by atoms with Crippen molar-refractivity contribution in [3.8, 4) is 0 Å². The van der Waals surface area contributed by atoms with Crippen LogP contribution in [-0.4, -0.2) is 44.1 Å². The highest BCUT2D eigenvalue weighted by Crippen LogP contribution is 2.03. The van der Waals surface area contributed by atoms with Gasteiger partial charge in [-0.05, 0) is 0 Å². The first-order chi connectivity index (χ1) is 9.67. The molecule has 0 radical (unpaired) electrons. The van der Waals surface area contributed by atoms with Gasteiger partial charge in [-0.2, -0.15) is 0 Å². The molecule has 104 valence electrons. The Labute approximate surface area is 113 Å². The van der Waals surface area contributed by atoms with Gasteiger partial charge in [-0.25, -0.2) is 19.4 Å². The Balaban J connectivity index is 1.90. The van der Waals surface area contributed by atoms with Crippen LogP contribution in [0.25, 0.3) is 0 Å². The van der Waals surface area contributed by atoms with Crippen molar-refractivity contribution in [1.82, 2.24) is 25.0 Å². The van der Waals surface area contributed by atoms with Crippen LogP contribution >= 0.6 is 0 Å². The third kappa shape index (κ3) is 3.73. The quantitative estimate of drug-likeness (QED) is 0.798. The van der Waals surface area contributed by atoms with Crippen molar-refractivity contribution in [2.75, 3.05) is 17.7 Å². The van der Waals surface area contributed by atoms with Crippen LogP contribution in [0.1, 0.15) is 0 Å². The fourth-order valence-electron chi connectivity index (χ4n) is 1.30. The maximum atomic E-state index is 11.7. The van der Waals surface area contributed by atoms with Crippen molar-refractivity contribution in [2.24, 2.45) is 0 Å². The molecule has 0 saturated heterocycles. The molecule has 0 aliphatic rings. The number of nitrogens with zero attached hydrogens (tertiary/aromatic N) is 5. The number of anilines is 2. The number of aromatic nitrogens is 5. The van der Waals surface area contributed by atoms with Gasteiger partial charge in [0.1, 0.15) is 12.9 Å². The van der Waals surface area contributed by atoms with Gasteiger partial charge in [0.25, 0.3) is 0 Å². The predicted molar refractivity (Wildman–Crippen MR) is 66.7 cm³/mol. The summed E-state index contributed by atoms with van der Waals surface area (Å²) in [4.78, 5) is 30.2. The van der Waals surface area contributed by atoms with Crippen molar-refractivity contribution < 1.29 is 14.3 Å². The first-order valence-electron chi connectivity index (χ1n) is 5.47. The van der Waals surface area contributed by atoms with Crippen LogP contribution in [0.5, 0.6) is 0 Å². The fraction of sp³-hybridized carbons (Fsp3) is 0.200. The number of carbonyl (C=O) groups excluding carboxylic acids is 2. The van der Waals surface area contributed by atoms with Crippen LogP contribution in [0.2, 0.25) is 0 Å². The van der Waals surface area contributed by atoms with Crippen LogP contribution < -0.4 is 10.6 Å². The molecule has 0 atom stereocenters. The number of rotatable bonds is 4. The van der Waals surface area contributed by atoms with E-state index in [-0.39, 0.29) is 18.3 Å². The lowest BCUT2D eigenvalue weighted by Crippen LogP contribution is -2.19. The highest BCUT2D eigenvalue weighted by molar-refractivity contribution is 5.90. The molecule has 2 N–H and O–H groups in total. The zero-order valence-corrected chi connectivity index (χ0v) is 10.5. The zero-order chi connectivity index (χ0) is 14.4. The Morgan fingerprint density at radius 3 is 2.75 bits per heavy atom. The highest BCUT2D eigenvalue weighted by Gasteiger charge is 2.08. The van der Waals surface area contributed by atoms with Gasteiger partial charge in [0.2, 0.25) is 5.91 Å². The van der Waals surface area contributed by atoms with E-state index in [1.807, 2.05) is 0 Å². The van der Waals surface area contributed by atoms with E-state index >= 15 is 0 Å². The predicted octanol–water partition coefficient (Wildman–Crippen LogP) is -0.115. The van der Waals surface area contributed by atoms with Gasteiger partial charge in [-0.3, -0.25) is 10.1 Å². The number of carbonyl (C=O) groups is 2. The summed E-state index contributed by atoms with van der Waals surface area (Å²) in [6, 6.07) is 0. The lowest BCUT2D eigenvalue weighted by atomic mass is 10.5. The topological polar surface area (TPSA) is 124 Å². The van der Waals surface area contributed by atoms with Gasteiger partial charge in [-0.1, -0.05) is 5.21 Å². The molecule has 0 aliphatic heterocycles. The molecule has 2 heterocycles. The van der Waals surface area contributed by atoms with Gasteiger partial charge in [0.05, 0.1) is 31.4 Å². The Kier molecular flexibility index (Phi) is 4.17. The number of amides is 2. The third-order valence-electron chi connectivity index (χ3n) is 2.10. The molecular formula is C10H11N7O3. The Hall–Kier alpha value is -3.04. The summed E-state index contributed by atoms with van der Waals surface area (Å²) in [5, 5.41) is 12.3. The van der Waals surface area contributed by atoms with Crippen molar-refractivity contribution in [1.29, 1.82) is 0 Å². The van der Waals surface area contributed by atoms with E-state index in [9.17, 15) is 9.59 Å². The zero-order valence-electron chi connectivity index (χ0n) is 10.5. The largest absolute Gasteiger partial charge is 0.453 e. The van der Waals surface area contributed by atoms with Crippen molar-refractivity contribution in [2.45, 2.75) is 6.54 Å². The number of hydrogen-bond donors (Lipinski definition) is 2. The maximum absolute atomic E-state index is 11.7. The van der Waals surface area contributed by atoms with Gasteiger partial charge in [0.15, 0.2) is 5.82 Å². The smallest absolute Gasteiger partial charge is 0.412 e. The second-order valence-electron chi connectivity index (χ2n) is 3.59. The van der Waals surface area contributed by atoms with E-state index in [2.05, 4.69) is 35.7 Å². The van der Waals surface area contributed by atoms with Gasteiger partial charge in [0, 0.05) is 0 Å². The minimum absolute atomic E-state index is 0.0647. The molecule has 10 heteroatoms. The molecule has 20 heavy (non-hydrogen) atoms. The summed E-state index contributed by atoms with van der Waals surface area (Å²) in [5.41, 5.74) is 0.477. The number of nitrogens with one attached hydrogen (secondary N) is 2. The second-order valence-corrected chi connectivity index (χ2v) is 3.59. The average molecular weight is 277 g/mol. The maximum Gasteiger partial charge on any atom is 0.412 e. The van der Waals surface area contributed by atoms with E-state index in [0.29, 0.717) is 5.69 Å². The van der Waals surface area contributed by atoms with E-state index < -0.39 is 6.09 Å². The summed E-state index contributed by atoms with van der Waals surface area (Å²) >= 11 is 0. The van der Waals surface area contributed by atoms with E-state index in [1.165, 1.54) is 36.7 Å². The van der Waals surface area contributed by atoms with Gasteiger partial charge in [-0.15, -0.1) is 5.10 Å². The Morgan fingerprint density at radius 1 is 1.30 bits per heavy atom. The molecule has 0 fully saturated rings. The van der Waals surface area contributed by atoms with Crippen LogP contribution in [0.4, 0.5) is 16.3 Å². The summed E-state index contributed by atoms with van der Waals surface area (Å²) in [6.07, 6.45) is 5.03. The third-order valence-corrected chi connectivity index (χ3v) is 2.10. The lowest BCUT2D eigenvalue weighted by molar-refractivity contribution is -0.116. The Bertz CT molecular complexity index is 598. The monoisotopic (exact) mass is 277 g/mol. The SMILES string of the molecule is COC(=O)Nc1cn(CC(=O)Nc2cncnc2)nn1.